The lowest BCUT2D eigenvalue weighted by Gasteiger charge is -1.95. The van der Waals surface area contributed by atoms with E-state index < -0.39 is 0 Å². The zero-order valence-corrected chi connectivity index (χ0v) is 9.58. The maximum atomic E-state index is 8.28. The van der Waals surface area contributed by atoms with Gasteiger partial charge in [-0.3, -0.25) is 5.32 Å². The Morgan fingerprint density at radius 3 is 2.78 bits per heavy atom. The largest absolute Gasteiger partial charge is 0.341 e. The van der Waals surface area contributed by atoms with Crippen LogP contribution in [0.1, 0.15) is 0 Å². The number of benzene rings is 1. The molecule has 2 rings (SSSR count). The second kappa shape index (κ2) is 5.45. The molecule has 1 heterocycles. The van der Waals surface area contributed by atoms with Crippen LogP contribution in [0.2, 0.25) is 0 Å². The van der Waals surface area contributed by atoms with E-state index in [2.05, 4.69) is 25.8 Å². The number of nitrogens with one attached hydrogen (secondary N) is 2. The van der Waals surface area contributed by atoms with Crippen LogP contribution in [0.3, 0.4) is 0 Å². The van der Waals surface area contributed by atoms with Crippen molar-refractivity contribution in [2.75, 3.05) is 12.4 Å². The Kier molecular flexibility index (Phi) is 3.51. The topological polar surface area (TPSA) is 99.1 Å². The molecule has 0 aliphatic heterocycles. The first kappa shape index (κ1) is 11.6. The van der Waals surface area contributed by atoms with Crippen LogP contribution in [-0.4, -0.2) is 23.5 Å². The molecule has 18 heavy (non-hydrogen) atoms. The monoisotopic (exact) mass is 242 g/mol. The van der Waals surface area contributed by atoms with Crippen LogP contribution in [0.15, 0.2) is 33.8 Å². The first-order chi connectivity index (χ1) is 8.83. The average Bonchev–Trinajstić information content (AvgIpc) is 2.89. The number of aromatic nitrogens is 2. The predicted molar refractivity (Wildman–Crippen MR) is 66.2 cm³/mol. The van der Waals surface area contributed by atoms with Gasteiger partial charge in [-0.25, -0.2) is 4.99 Å². The zero-order valence-electron chi connectivity index (χ0n) is 9.58. The Hall–Kier alpha value is -2.88. The van der Waals surface area contributed by atoms with Crippen LogP contribution in [0, 0.1) is 11.5 Å². The van der Waals surface area contributed by atoms with Crippen molar-refractivity contribution in [1.82, 2.24) is 15.5 Å². The van der Waals surface area contributed by atoms with Crippen LogP contribution in [0.25, 0.3) is 11.4 Å². The summed E-state index contributed by atoms with van der Waals surface area (Å²) in [6.07, 6.45) is 3.07. The molecular formula is C11H10N6O. The van der Waals surface area contributed by atoms with E-state index in [0.29, 0.717) is 11.8 Å². The van der Waals surface area contributed by atoms with Gasteiger partial charge in [0.05, 0.1) is 5.69 Å². The quantitative estimate of drug-likeness (QED) is 0.365. The number of nitriles is 1. The summed E-state index contributed by atoms with van der Waals surface area (Å²) >= 11 is 0. The van der Waals surface area contributed by atoms with Gasteiger partial charge in [-0.2, -0.15) is 10.2 Å². The van der Waals surface area contributed by atoms with E-state index in [4.69, 9.17) is 9.78 Å². The fourth-order valence-electron chi connectivity index (χ4n) is 1.27. The average molecular weight is 242 g/mol. The van der Waals surface area contributed by atoms with E-state index in [1.54, 1.807) is 25.4 Å². The molecule has 1 aromatic carbocycles. The van der Waals surface area contributed by atoms with Gasteiger partial charge in [-0.1, -0.05) is 5.16 Å². The smallest absolute Gasteiger partial charge is 0.321 e. The van der Waals surface area contributed by atoms with E-state index in [0.717, 1.165) is 11.3 Å². The van der Waals surface area contributed by atoms with Gasteiger partial charge in [-0.15, -0.1) is 0 Å². The lowest BCUT2D eigenvalue weighted by molar-refractivity contribution is 0.434. The Morgan fingerprint density at radius 1 is 1.39 bits per heavy atom. The van der Waals surface area contributed by atoms with Gasteiger partial charge < -0.3 is 9.84 Å². The van der Waals surface area contributed by atoms with Crippen molar-refractivity contribution in [2.24, 2.45) is 4.99 Å². The Morgan fingerprint density at radius 2 is 2.17 bits per heavy atom. The fraction of sp³-hybridized carbons (Fsp3) is 0.0909. The summed E-state index contributed by atoms with van der Waals surface area (Å²) in [7, 11) is 1.71. The van der Waals surface area contributed by atoms with Crippen LogP contribution < -0.4 is 10.6 Å². The van der Waals surface area contributed by atoms with Crippen molar-refractivity contribution in [2.45, 2.75) is 0 Å². The third-order valence-corrected chi connectivity index (χ3v) is 2.11. The maximum absolute atomic E-state index is 8.28. The SMILES string of the molecule is CNc1nc(-c2ccc(N=CNC#N)cc2)no1. The molecule has 0 spiro atoms. The summed E-state index contributed by atoms with van der Waals surface area (Å²) in [5.74, 6) is 0.505. The molecule has 7 nitrogen and oxygen atoms in total. The molecule has 0 saturated heterocycles. The molecule has 7 heteroatoms. The van der Waals surface area contributed by atoms with E-state index >= 15 is 0 Å². The molecular weight excluding hydrogens is 232 g/mol. The van der Waals surface area contributed by atoms with Crippen molar-refractivity contribution in [3.8, 4) is 17.6 Å². The van der Waals surface area contributed by atoms with Crippen molar-refractivity contribution in [1.29, 1.82) is 5.26 Å². The molecule has 2 N–H and O–H groups in total. The molecule has 0 atom stereocenters. The van der Waals surface area contributed by atoms with E-state index in [1.807, 2.05) is 12.1 Å². The number of nitrogens with zero attached hydrogens (tertiary/aromatic N) is 4. The number of rotatable bonds is 4. The Labute approximate surface area is 103 Å². The summed E-state index contributed by atoms with van der Waals surface area (Å²) in [5, 5.41) is 17.2. The molecule has 0 aliphatic rings. The number of hydrogen-bond acceptors (Lipinski definition) is 6. The minimum Gasteiger partial charge on any atom is -0.341 e. The highest BCUT2D eigenvalue weighted by Crippen LogP contribution is 2.20. The van der Waals surface area contributed by atoms with Gasteiger partial charge in [0.15, 0.2) is 6.19 Å². The molecule has 0 unspecified atom stereocenters. The Balaban J connectivity index is 2.14. The minimum atomic E-state index is 0.366. The lowest BCUT2D eigenvalue weighted by Crippen LogP contribution is -1.98. The first-order valence-corrected chi connectivity index (χ1v) is 5.12. The second-order valence-corrected chi connectivity index (χ2v) is 3.23. The molecule has 0 saturated carbocycles. The van der Waals surface area contributed by atoms with Crippen molar-refractivity contribution < 1.29 is 4.52 Å². The summed E-state index contributed by atoms with van der Waals surface area (Å²) in [4.78, 5) is 8.14. The summed E-state index contributed by atoms with van der Waals surface area (Å²) < 4.78 is 4.93. The van der Waals surface area contributed by atoms with Crippen molar-refractivity contribution >= 4 is 18.0 Å². The van der Waals surface area contributed by atoms with Gasteiger partial charge in [0.1, 0.15) is 6.34 Å². The lowest BCUT2D eigenvalue weighted by atomic mass is 10.2. The highest BCUT2D eigenvalue weighted by Gasteiger charge is 2.06. The van der Waals surface area contributed by atoms with Gasteiger partial charge in [0, 0.05) is 12.6 Å². The van der Waals surface area contributed by atoms with Gasteiger partial charge in [0.2, 0.25) is 5.82 Å². The van der Waals surface area contributed by atoms with E-state index in [-0.39, 0.29) is 0 Å². The predicted octanol–water partition coefficient (Wildman–Crippen LogP) is 1.51. The van der Waals surface area contributed by atoms with Crippen LogP contribution in [0.5, 0.6) is 0 Å². The molecule has 0 bridgehead atoms. The summed E-state index contributed by atoms with van der Waals surface area (Å²) in [6.45, 7) is 0. The Bertz CT molecular complexity index is 580. The van der Waals surface area contributed by atoms with E-state index in [1.165, 1.54) is 6.34 Å². The molecule has 0 fully saturated rings. The van der Waals surface area contributed by atoms with Crippen LogP contribution in [0.4, 0.5) is 11.7 Å². The second-order valence-electron chi connectivity index (χ2n) is 3.23. The molecule has 90 valence electrons. The van der Waals surface area contributed by atoms with Crippen molar-refractivity contribution in [3.05, 3.63) is 24.3 Å². The third-order valence-electron chi connectivity index (χ3n) is 2.11. The van der Waals surface area contributed by atoms with Crippen LogP contribution in [-0.2, 0) is 0 Å². The third kappa shape index (κ3) is 2.62. The standard InChI is InChI=1S/C11H10N6O/c1-13-11-16-10(17-18-11)8-2-4-9(5-3-8)15-7-14-6-12/h2-5,7H,1H3,(H,14,15)(H,13,16,17). The van der Waals surface area contributed by atoms with Gasteiger partial charge in [0.25, 0.3) is 0 Å². The molecule has 0 radical (unpaired) electrons. The van der Waals surface area contributed by atoms with Gasteiger partial charge in [-0.05, 0) is 24.3 Å². The highest BCUT2D eigenvalue weighted by atomic mass is 16.5. The summed E-state index contributed by atoms with van der Waals surface area (Å²) in [5.41, 5.74) is 1.55. The van der Waals surface area contributed by atoms with Crippen LogP contribution >= 0.6 is 0 Å². The highest BCUT2D eigenvalue weighted by molar-refractivity contribution is 5.65. The molecule has 2 aromatic rings. The normalized spacial score (nSPS) is 10.2. The number of hydrogen-bond donors (Lipinski definition) is 2. The van der Waals surface area contributed by atoms with E-state index in [9.17, 15) is 0 Å². The zero-order chi connectivity index (χ0) is 12.8. The fourth-order valence-corrected chi connectivity index (χ4v) is 1.27. The number of anilines is 1. The summed E-state index contributed by atoms with van der Waals surface area (Å²) in [6, 6.07) is 7.60. The maximum Gasteiger partial charge on any atom is 0.321 e. The molecule has 1 aromatic heterocycles. The molecule has 0 amide bonds. The van der Waals surface area contributed by atoms with Gasteiger partial charge >= 0.3 is 6.01 Å². The number of aliphatic imine (C=N–C) groups is 1. The first-order valence-electron chi connectivity index (χ1n) is 5.12. The minimum absolute atomic E-state index is 0.366. The molecule has 0 aliphatic carbocycles. The van der Waals surface area contributed by atoms with Crippen molar-refractivity contribution in [3.63, 3.8) is 0 Å².